The fraction of sp³-hybridized carbons (Fsp3) is 0.545. The van der Waals surface area contributed by atoms with Gasteiger partial charge in [0.05, 0.1) is 0 Å². The third kappa shape index (κ3) is 5.04. The van der Waals surface area contributed by atoms with Gasteiger partial charge < -0.3 is 10.6 Å². The van der Waals surface area contributed by atoms with Crippen LogP contribution in [0.5, 0.6) is 0 Å². The summed E-state index contributed by atoms with van der Waals surface area (Å²) in [6.45, 7) is 0.857. The zero-order valence-corrected chi connectivity index (χ0v) is 9.83. The Morgan fingerprint density at radius 2 is 2.06 bits per heavy atom. The lowest BCUT2D eigenvalue weighted by Crippen LogP contribution is -2.31. The number of rotatable bonds is 4. The van der Waals surface area contributed by atoms with Crippen molar-refractivity contribution in [3.63, 3.8) is 0 Å². The van der Waals surface area contributed by atoms with E-state index in [1.165, 1.54) is 7.05 Å². The number of hydrogen-bond donors (Lipinski definition) is 1. The molecule has 1 atom stereocenters. The van der Waals surface area contributed by atoms with Gasteiger partial charge in [0, 0.05) is 19.3 Å². The maximum absolute atomic E-state index is 12.2. The minimum absolute atomic E-state index is 0.00977. The largest absolute Gasteiger partial charge is 0.405 e. The van der Waals surface area contributed by atoms with Gasteiger partial charge in [-0.15, -0.1) is 0 Å². The van der Waals surface area contributed by atoms with Crippen molar-refractivity contribution in [2.45, 2.75) is 25.6 Å². The van der Waals surface area contributed by atoms with Gasteiger partial charge in [-0.25, -0.2) is 4.98 Å². The summed E-state index contributed by atoms with van der Waals surface area (Å²) in [5.41, 5.74) is 6.54. The van der Waals surface area contributed by atoms with Crippen LogP contribution in [0.1, 0.15) is 12.5 Å². The summed E-state index contributed by atoms with van der Waals surface area (Å²) in [6, 6.07) is 3.33. The highest BCUT2D eigenvalue weighted by atomic mass is 19.4. The molecule has 0 aliphatic heterocycles. The first-order valence-corrected chi connectivity index (χ1v) is 5.26. The number of pyridine rings is 1. The van der Waals surface area contributed by atoms with Crippen molar-refractivity contribution in [2.75, 3.05) is 18.5 Å². The predicted molar refractivity (Wildman–Crippen MR) is 60.9 cm³/mol. The molecule has 1 aromatic rings. The van der Waals surface area contributed by atoms with Gasteiger partial charge in [-0.1, -0.05) is 6.07 Å². The lowest BCUT2D eigenvalue weighted by molar-refractivity contribution is -0.119. The molecule has 0 spiro atoms. The summed E-state index contributed by atoms with van der Waals surface area (Å²) in [4.78, 5) is 5.05. The SMILES string of the molecule is CC(N)Cc1ccc(N(C)CC(F)(F)F)nc1. The number of anilines is 1. The summed E-state index contributed by atoms with van der Waals surface area (Å²) in [7, 11) is 1.36. The molecular weight excluding hydrogens is 231 g/mol. The lowest BCUT2D eigenvalue weighted by atomic mass is 10.1. The van der Waals surface area contributed by atoms with Gasteiger partial charge in [0.25, 0.3) is 0 Å². The zero-order chi connectivity index (χ0) is 13.1. The van der Waals surface area contributed by atoms with E-state index in [0.29, 0.717) is 12.2 Å². The van der Waals surface area contributed by atoms with Crippen molar-refractivity contribution in [2.24, 2.45) is 5.73 Å². The van der Waals surface area contributed by atoms with Gasteiger partial charge in [-0.05, 0) is 25.0 Å². The second-order valence-electron chi connectivity index (χ2n) is 4.18. The van der Waals surface area contributed by atoms with Gasteiger partial charge in [0.2, 0.25) is 0 Å². The Morgan fingerprint density at radius 1 is 1.41 bits per heavy atom. The van der Waals surface area contributed by atoms with E-state index in [9.17, 15) is 13.2 Å². The molecule has 0 fully saturated rings. The van der Waals surface area contributed by atoms with Crippen LogP contribution >= 0.6 is 0 Å². The molecule has 96 valence electrons. The normalized spacial score (nSPS) is 13.5. The summed E-state index contributed by atoms with van der Waals surface area (Å²) in [5, 5.41) is 0. The summed E-state index contributed by atoms with van der Waals surface area (Å²) >= 11 is 0. The van der Waals surface area contributed by atoms with E-state index in [4.69, 9.17) is 5.73 Å². The zero-order valence-electron chi connectivity index (χ0n) is 9.83. The molecule has 0 aliphatic carbocycles. The Bertz CT molecular complexity index is 346. The van der Waals surface area contributed by atoms with Gasteiger partial charge in [-0.3, -0.25) is 0 Å². The van der Waals surface area contributed by atoms with Crippen molar-refractivity contribution >= 4 is 5.82 Å². The van der Waals surface area contributed by atoms with E-state index in [1.54, 1.807) is 18.3 Å². The Morgan fingerprint density at radius 3 is 2.47 bits per heavy atom. The van der Waals surface area contributed by atoms with Gasteiger partial charge in [0.15, 0.2) is 0 Å². The fourth-order valence-electron chi connectivity index (χ4n) is 1.48. The van der Waals surface area contributed by atoms with Crippen LogP contribution in [0.25, 0.3) is 0 Å². The Hall–Kier alpha value is -1.30. The number of nitrogens with two attached hydrogens (primary N) is 1. The molecule has 1 unspecified atom stereocenters. The lowest BCUT2D eigenvalue weighted by Gasteiger charge is -2.20. The minimum Gasteiger partial charge on any atom is -0.351 e. The molecule has 0 amide bonds. The highest BCUT2D eigenvalue weighted by Crippen LogP contribution is 2.19. The predicted octanol–water partition coefficient (Wildman–Crippen LogP) is 1.97. The van der Waals surface area contributed by atoms with Crippen LogP contribution in [0.2, 0.25) is 0 Å². The quantitative estimate of drug-likeness (QED) is 0.884. The van der Waals surface area contributed by atoms with Crippen LogP contribution in [0.3, 0.4) is 0 Å². The Labute approximate surface area is 98.4 Å². The summed E-state index contributed by atoms with van der Waals surface area (Å²) in [5.74, 6) is 0.302. The molecule has 0 saturated carbocycles. The van der Waals surface area contributed by atoms with E-state index >= 15 is 0 Å². The maximum Gasteiger partial charge on any atom is 0.405 e. The topological polar surface area (TPSA) is 42.1 Å². The molecule has 3 nitrogen and oxygen atoms in total. The fourth-order valence-corrected chi connectivity index (χ4v) is 1.48. The van der Waals surface area contributed by atoms with Crippen LogP contribution in [-0.4, -0.2) is 30.8 Å². The molecule has 0 aliphatic rings. The minimum atomic E-state index is -4.22. The molecule has 17 heavy (non-hydrogen) atoms. The van der Waals surface area contributed by atoms with E-state index in [1.807, 2.05) is 6.92 Å². The number of aromatic nitrogens is 1. The van der Waals surface area contributed by atoms with Crippen molar-refractivity contribution < 1.29 is 13.2 Å². The van der Waals surface area contributed by atoms with Gasteiger partial charge >= 0.3 is 6.18 Å². The third-order valence-electron chi connectivity index (χ3n) is 2.17. The van der Waals surface area contributed by atoms with E-state index in [0.717, 1.165) is 10.5 Å². The first-order valence-electron chi connectivity index (χ1n) is 5.26. The Kier molecular flexibility index (Phi) is 4.34. The Balaban J connectivity index is 2.67. The van der Waals surface area contributed by atoms with Crippen LogP contribution in [-0.2, 0) is 6.42 Å². The van der Waals surface area contributed by atoms with Crippen LogP contribution in [0, 0.1) is 0 Å². The number of hydrogen-bond acceptors (Lipinski definition) is 3. The van der Waals surface area contributed by atoms with Crippen LogP contribution in [0.4, 0.5) is 19.0 Å². The average molecular weight is 247 g/mol. The van der Waals surface area contributed by atoms with Crippen molar-refractivity contribution in [1.29, 1.82) is 0 Å². The average Bonchev–Trinajstić information content (AvgIpc) is 2.15. The van der Waals surface area contributed by atoms with E-state index < -0.39 is 12.7 Å². The van der Waals surface area contributed by atoms with E-state index in [-0.39, 0.29) is 6.04 Å². The highest BCUT2D eigenvalue weighted by molar-refractivity contribution is 5.38. The molecule has 6 heteroatoms. The molecule has 0 saturated heterocycles. The van der Waals surface area contributed by atoms with Crippen molar-refractivity contribution in [3.05, 3.63) is 23.9 Å². The maximum atomic E-state index is 12.2. The summed E-state index contributed by atoms with van der Waals surface area (Å²) in [6.07, 6.45) is -2.00. The molecule has 2 N–H and O–H groups in total. The summed E-state index contributed by atoms with van der Waals surface area (Å²) < 4.78 is 36.5. The number of nitrogens with zero attached hydrogens (tertiary/aromatic N) is 2. The molecule has 0 aromatic carbocycles. The molecule has 1 aromatic heterocycles. The molecular formula is C11H16F3N3. The second kappa shape index (κ2) is 5.35. The first-order chi connectivity index (χ1) is 7.78. The number of alkyl halides is 3. The second-order valence-corrected chi connectivity index (χ2v) is 4.18. The van der Waals surface area contributed by atoms with Crippen molar-refractivity contribution in [1.82, 2.24) is 4.98 Å². The molecule has 1 rings (SSSR count). The molecule has 1 heterocycles. The van der Waals surface area contributed by atoms with Crippen LogP contribution in [0.15, 0.2) is 18.3 Å². The van der Waals surface area contributed by atoms with Crippen molar-refractivity contribution in [3.8, 4) is 0 Å². The molecule has 0 bridgehead atoms. The standard InChI is InChI=1S/C11H16F3N3/c1-8(15)5-9-3-4-10(16-6-9)17(2)7-11(12,13)14/h3-4,6,8H,5,7,15H2,1-2H3. The van der Waals surface area contributed by atoms with Gasteiger partial charge in [-0.2, -0.15) is 13.2 Å². The third-order valence-corrected chi connectivity index (χ3v) is 2.17. The molecule has 0 radical (unpaired) electrons. The van der Waals surface area contributed by atoms with Gasteiger partial charge in [0.1, 0.15) is 12.4 Å². The first kappa shape index (κ1) is 13.8. The highest BCUT2D eigenvalue weighted by Gasteiger charge is 2.29. The van der Waals surface area contributed by atoms with E-state index in [2.05, 4.69) is 4.98 Å². The van der Waals surface area contributed by atoms with Crippen LogP contribution < -0.4 is 10.6 Å². The number of halogens is 3. The smallest absolute Gasteiger partial charge is 0.351 e. The monoisotopic (exact) mass is 247 g/mol.